The van der Waals surface area contributed by atoms with Gasteiger partial charge in [-0.25, -0.2) is 8.78 Å². The largest absolute Gasteiger partial charge is 0.264 e. The molecule has 0 saturated heterocycles. The van der Waals surface area contributed by atoms with E-state index in [0.29, 0.717) is 0 Å². The SMILES string of the molecule is Fc1[c]cc(F)cc1.[CH2]c1cccnc1. The van der Waals surface area contributed by atoms with E-state index in [1.807, 2.05) is 12.1 Å². The molecule has 1 aromatic heterocycles. The summed E-state index contributed by atoms with van der Waals surface area (Å²) in [7, 11) is 0. The van der Waals surface area contributed by atoms with Gasteiger partial charge in [0.1, 0.15) is 11.6 Å². The fourth-order valence-corrected chi connectivity index (χ4v) is 0.785. The van der Waals surface area contributed by atoms with Crippen LogP contribution in [0.3, 0.4) is 0 Å². The minimum atomic E-state index is -0.536. The molecule has 0 amide bonds. The molecule has 2 radical (unpaired) electrons. The summed E-state index contributed by atoms with van der Waals surface area (Å²) in [6.07, 6.45) is 3.45. The van der Waals surface area contributed by atoms with Crippen LogP contribution in [0, 0.1) is 24.6 Å². The van der Waals surface area contributed by atoms with Gasteiger partial charge < -0.3 is 0 Å². The lowest BCUT2D eigenvalue weighted by molar-refractivity contribution is 0.598. The maximum absolute atomic E-state index is 11.9. The number of pyridine rings is 1. The minimum Gasteiger partial charge on any atom is -0.264 e. The molecule has 3 heteroatoms. The van der Waals surface area contributed by atoms with Crippen LogP contribution < -0.4 is 0 Å². The van der Waals surface area contributed by atoms with Crippen LogP contribution in [-0.4, -0.2) is 4.98 Å². The van der Waals surface area contributed by atoms with Gasteiger partial charge >= 0.3 is 0 Å². The van der Waals surface area contributed by atoms with Crippen LogP contribution in [-0.2, 0) is 0 Å². The Morgan fingerprint density at radius 1 is 1.20 bits per heavy atom. The highest BCUT2D eigenvalue weighted by molar-refractivity contribution is 5.10. The molecule has 1 nitrogen and oxygen atoms in total. The zero-order chi connectivity index (χ0) is 11.1. The van der Waals surface area contributed by atoms with Crippen molar-refractivity contribution in [2.75, 3.05) is 0 Å². The van der Waals surface area contributed by atoms with E-state index in [1.165, 1.54) is 0 Å². The highest BCUT2D eigenvalue weighted by Gasteiger charge is 1.87. The molecule has 0 unspecified atom stereocenters. The minimum absolute atomic E-state index is 0.466. The number of nitrogens with zero attached hydrogens (tertiary/aromatic N) is 1. The van der Waals surface area contributed by atoms with Crippen molar-refractivity contribution in [3.05, 3.63) is 72.9 Å². The molecular weight excluding hydrogens is 196 g/mol. The number of aromatic nitrogens is 1. The Morgan fingerprint density at radius 2 is 2.00 bits per heavy atom. The van der Waals surface area contributed by atoms with Crippen molar-refractivity contribution in [3.63, 3.8) is 0 Å². The second-order valence-corrected chi connectivity index (χ2v) is 2.72. The second kappa shape index (κ2) is 5.86. The van der Waals surface area contributed by atoms with Gasteiger partial charge in [-0.15, -0.1) is 0 Å². The average Bonchev–Trinajstić information content (AvgIpc) is 2.25. The Kier molecular flexibility index (Phi) is 4.41. The smallest absolute Gasteiger partial charge is 0.131 e. The third-order valence-electron chi connectivity index (χ3n) is 1.46. The molecule has 0 atom stereocenters. The molecule has 0 aliphatic heterocycles. The number of halogens is 2. The molecule has 0 aliphatic carbocycles. The van der Waals surface area contributed by atoms with Gasteiger partial charge in [0.05, 0.1) is 0 Å². The zero-order valence-corrected chi connectivity index (χ0v) is 7.95. The highest BCUT2D eigenvalue weighted by Crippen LogP contribution is 1.97. The molecule has 0 fully saturated rings. The van der Waals surface area contributed by atoms with Crippen molar-refractivity contribution in [2.24, 2.45) is 0 Å². The van der Waals surface area contributed by atoms with Crippen LogP contribution in [0.2, 0.25) is 0 Å². The lowest BCUT2D eigenvalue weighted by Gasteiger charge is -1.82. The summed E-state index contributed by atoms with van der Waals surface area (Å²) in [6, 6.07) is 8.86. The van der Waals surface area contributed by atoms with Crippen LogP contribution in [0.1, 0.15) is 5.56 Å². The molecule has 0 spiro atoms. The van der Waals surface area contributed by atoms with Crippen molar-refractivity contribution >= 4 is 0 Å². The summed E-state index contributed by atoms with van der Waals surface area (Å²) in [5.41, 5.74) is 0.961. The predicted molar refractivity (Wildman–Crippen MR) is 53.9 cm³/mol. The summed E-state index contributed by atoms with van der Waals surface area (Å²) < 4.78 is 23.8. The van der Waals surface area contributed by atoms with E-state index in [9.17, 15) is 8.78 Å². The quantitative estimate of drug-likeness (QED) is 0.644. The highest BCUT2D eigenvalue weighted by atomic mass is 19.1. The number of rotatable bonds is 0. The molecule has 0 bridgehead atoms. The first kappa shape index (κ1) is 11.3. The molecule has 0 aliphatic rings. The van der Waals surface area contributed by atoms with Crippen molar-refractivity contribution < 1.29 is 8.78 Å². The monoisotopic (exact) mass is 205 g/mol. The van der Waals surface area contributed by atoms with Gasteiger partial charge in [-0.1, -0.05) is 6.07 Å². The van der Waals surface area contributed by atoms with Crippen molar-refractivity contribution in [1.29, 1.82) is 0 Å². The average molecular weight is 205 g/mol. The summed E-state index contributed by atoms with van der Waals surface area (Å²) in [6.45, 7) is 3.66. The topological polar surface area (TPSA) is 12.9 Å². The first-order valence-electron chi connectivity index (χ1n) is 4.23. The summed E-state index contributed by atoms with van der Waals surface area (Å²) in [5, 5.41) is 0. The van der Waals surface area contributed by atoms with Gasteiger partial charge in [0.15, 0.2) is 0 Å². The van der Waals surface area contributed by atoms with E-state index in [1.54, 1.807) is 12.4 Å². The van der Waals surface area contributed by atoms with Crippen LogP contribution in [0.15, 0.2) is 42.7 Å². The Morgan fingerprint density at radius 3 is 2.33 bits per heavy atom. The Balaban J connectivity index is 0.000000151. The fraction of sp³-hybridized carbons (Fsp3) is 0. The molecule has 1 heterocycles. The summed E-state index contributed by atoms with van der Waals surface area (Å²) >= 11 is 0. The van der Waals surface area contributed by atoms with E-state index in [2.05, 4.69) is 18.0 Å². The van der Waals surface area contributed by atoms with Gasteiger partial charge in [0, 0.05) is 18.5 Å². The van der Waals surface area contributed by atoms with Crippen LogP contribution in [0.5, 0.6) is 0 Å². The third kappa shape index (κ3) is 4.86. The molecular formula is C12H9F2N. The molecule has 76 valence electrons. The maximum atomic E-state index is 11.9. The standard InChI is InChI=1S/C6H3F2.C6H6N/c7-5-1-2-6(8)4-3-5;1-6-3-2-4-7-5-6/h1-3H;2-5H,1H2. The lowest BCUT2D eigenvalue weighted by atomic mass is 10.3. The van der Waals surface area contributed by atoms with E-state index >= 15 is 0 Å². The zero-order valence-electron chi connectivity index (χ0n) is 7.95. The number of benzene rings is 1. The van der Waals surface area contributed by atoms with Crippen molar-refractivity contribution in [3.8, 4) is 0 Å². The molecule has 0 saturated carbocycles. The van der Waals surface area contributed by atoms with Crippen molar-refractivity contribution in [1.82, 2.24) is 4.98 Å². The van der Waals surface area contributed by atoms with Crippen LogP contribution in [0.25, 0.3) is 0 Å². The fourth-order valence-electron chi connectivity index (χ4n) is 0.785. The third-order valence-corrected chi connectivity index (χ3v) is 1.46. The molecule has 2 rings (SSSR count). The van der Waals surface area contributed by atoms with Crippen molar-refractivity contribution in [2.45, 2.75) is 0 Å². The molecule has 2 aromatic rings. The molecule has 0 N–H and O–H groups in total. The van der Waals surface area contributed by atoms with Gasteiger partial charge in [0.2, 0.25) is 0 Å². The summed E-state index contributed by atoms with van der Waals surface area (Å²) in [5.74, 6) is -1.00. The number of hydrogen-bond acceptors (Lipinski definition) is 1. The van der Waals surface area contributed by atoms with Crippen LogP contribution in [0.4, 0.5) is 8.78 Å². The van der Waals surface area contributed by atoms with Gasteiger partial charge in [0.25, 0.3) is 0 Å². The lowest BCUT2D eigenvalue weighted by Crippen LogP contribution is -1.73. The molecule has 1 aromatic carbocycles. The number of hydrogen-bond donors (Lipinski definition) is 0. The maximum Gasteiger partial charge on any atom is 0.131 e. The Hall–Kier alpha value is -1.77. The second-order valence-electron chi connectivity index (χ2n) is 2.72. The van der Waals surface area contributed by atoms with E-state index in [-0.39, 0.29) is 0 Å². The van der Waals surface area contributed by atoms with E-state index in [4.69, 9.17) is 0 Å². The normalized spacial score (nSPS) is 9.00. The van der Waals surface area contributed by atoms with Gasteiger partial charge in [-0.05, 0) is 36.8 Å². The van der Waals surface area contributed by atoms with Gasteiger partial charge in [-0.3, -0.25) is 4.98 Å². The predicted octanol–water partition coefficient (Wildman–Crippen LogP) is 3.03. The van der Waals surface area contributed by atoms with Gasteiger partial charge in [-0.2, -0.15) is 0 Å². The Labute approximate surface area is 87.4 Å². The molecule has 15 heavy (non-hydrogen) atoms. The van der Waals surface area contributed by atoms with E-state index < -0.39 is 11.6 Å². The Bertz CT molecular complexity index is 363. The first-order chi connectivity index (χ1) is 7.18. The summed E-state index contributed by atoms with van der Waals surface area (Å²) in [4.78, 5) is 3.82. The first-order valence-corrected chi connectivity index (χ1v) is 4.23. The van der Waals surface area contributed by atoms with Crippen LogP contribution >= 0.6 is 0 Å². The van der Waals surface area contributed by atoms with E-state index in [0.717, 1.165) is 23.8 Å².